The van der Waals surface area contributed by atoms with Gasteiger partial charge in [-0.25, -0.2) is 9.59 Å². The summed E-state index contributed by atoms with van der Waals surface area (Å²) < 4.78 is 9.64. The van der Waals surface area contributed by atoms with E-state index in [4.69, 9.17) is 21.1 Å². The predicted molar refractivity (Wildman–Crippen MR) is 120 cm³/mol. The van der Waals surface area contributed by atoms with Gasteiger partial charge in [-0.1, -0.05) is 29.8 Å². The van der Waals surface area contributed by atoms with E-state index < -0.39 is 22.6 Å². The maximum atomic E-state index is 13.4. The van der Waals surface area contributed by atoms with Crippen LogP contribution >= 0.6 is 11.6 Å². The zero-order valence-electron chi connectivity index (χ0n) is 17.5. The lowest BCUT2D eigenvalue weighted by Crippen LogP contribution is -2.28. The second-order valence-electron chi connectivity index (χ2n) is 6.58. The highest BCUT2D eigenvalue weighted by atomic mass is 35.5. The molecular weight excluding hydrogens is 452 g/mol. The van der Waals surface area contributed by atoms with Crippen molar-refractivity contribution in [1.82, 2.24) is 0 Å². The van der Waals surface area contributed by atoms with Gasteiger partial charge in [0.25, 0.3) is 5.69 Å². The third-order valence-electron chi connectivity index (χ3n) is 4.70. The van der Waals surface area contributed by atoms with Gasteiger partial charge in [-0.15, -0.1) is 0 Å². The Bertz CT molecular complexity index is 1250. The molecule has 1 aliphatic rings. The average Bonchev–Trinajstić information content (AvgIpc) is 3.05. The molecule has 0 aromatic heterocycles. The number of allylic oxidation sites excluding steroid dienone is 2. The number of nitro groups is 1. The minimum Gasteiger partial charge on any atom is -0.465 e. The number of benzene rings is 2. The molecular formula is C23H17ClN2O7. The van der Waals surface area contributed by atoms with Crippen molar-refractivity contribution in [3.63, 3.8) is 0 Å². The Morgan fingerprint density at radius 3 is 2.30 bits per heavy atom. The van der Waals surface area contributed by atoms with Crippen molar-refractivity contribution in [3.05, 3.63) is 104 Å². The number of esters is 2. The van der Waals surface area contributed by atoms with Crippen molar-refractivity contribution in [1.29, 1.82) is 0 Å². The molecule has 33 heavy (non-hydrogen) atoms. The molecule has 0 amide bonds. The predicted octanol–water partition coefficient (Wildman–Crippen LogP) is 3.97. The van der Waals surface area contributed by atoms with Crippen LogP contribution in [0, 0.1) is 10.1 Å². The van der Waals surface area contributed by atoms with E-state index in [1.807, 2.05) is 0 Å². The van der Waals surface area contributed by atoms with E-state index in [1.165, 1.54) is 53.6 Å². The molecule has 2 aromatic rings. The van der Waals surface area contributed by atoms with Crippen molar-refractivity contribution >= 4 is 40.7 Å². The monoisotopic (exact) mass is 468 g/mol. The van der Waals surface area contributed by atoms with Gasteiger partial charge in [-0.05, 0) is 30.4 Å². The van der Waals surface area contributed by atoms with Gasteiger partial charge in [0.15, 0.2) is 5.78 Å². The number of ether oxygens (including phenoxy) is 2. The fraction of sp³-hybridized carbons (Fsp3) is 0.0870. The molecule has 0 saturated heterocycles. The number of hydrogen-bond donors (Lipinski definition) is 0. The van der Waals surface area contributed by atoms with Crippen LogP contribution in [0.2, 0.25) is 5.02 Å². The Balaban J connectivity index is 2.31. The number of carbonyl (C=O) groups excluding carboxylic acids is 3. The molecule has 0 unspecified atom stereocenters. The number of halogens is 1. The molecule has 1 heterocycles. The Morgan fingerprint density at radius 2 is 1.67 bits per heavy atom. The van der Waals surface area contributed by atoms with Gasteiger partial charge in [0, 0.05) is 23.9 Å². The summed E-state index contributed by atoms with van der Waals surface area (Å²) in [5.74, 6) is -2.32. The number of rotatable bonds is 6. The number of ketones is 1. The van der Waals surface area contributed by atoms with Crippen molar-refractivity contribution in [2.45, 2.75) is 0 Å². The number of non-ortho nitro benzene ring substituents is 1. The van der Waals surface area contributed by atoms with E-state index in [2.05, 4.69) is 0 Å². The van der Waals surface area contributed by atoms with Crippen LogP contribution in [0.1, 0.15) is 15.9 Å². The van der Waals surface area contributed by atoms with Crippen LogP contribution in [0.25, 0.3) is 0 Å². The molecule has 0 aliphatic carbocycles. The van der Waals surface area contributed by atoms with Crippen molar-refractivity contribution in [3.8, 4) is 0 Å². The minimum atomic E-state index is -0.888. The summed E-state index contributed by atoms with van der Waals surface area (Å²) in [5, 5.41) is 11.6. The Kier molecular flexibility index (Phi) is 7.04. The van der Waals surface area contributed by atoms with E-state index in [0.29, 0.717) is 0 Å². The topological polar surface area (TPSA) is 116 Å². The highest BCUT2D eigenvalue weighted by Crippen LogP contribution is 2.34. The summed E-state index contributed by atoms with van der Waals surface area (Å²) >= 11 is 6.18. The van der Waals surface area contributed by atoms with E-state index in [0.717, 1.165) is 20.3 Å². The zero-order valence-corrected chi connectivity index (χ0v) is 18.2. The van der Waals surface area contributed by atoms with Gasteiger partial charge < -0.3 is 14.4 Å². The van der Waals surface area contributed by atoms with Crippen LogP contribution in [0.3, 0.4) is 0 Å². The molecule has 2 aromatic carbocycles. The van der Waals surface area contributed by atoms with Crippen molar-refractivity contribution in [2.24, 2.45) is 0 Å². The molecule has 0 radical (unpaired) electrons. The number of methoxy groups -OCH3 is 2. The first kappa shape index (κ1) is 23.4. The van der Waals surface area contributed by atoms with Crippen LogP contribution in [0.5, 0.6) is 0 Å². The van der Waals surface area contributed by atoms with Gasteiger partial charge in [-0.2, -0.15) is 0 Å². The van der Waals surface area contributed by atoms with E-state index in [-0.39, 0.29) is 38.8 Å². The average molecular weight is 469 g/mol. The molecule has 168 valence electrons. The fourth-order valence-corrected chi connectivity index (χ4v) is 3.39. The first-order chi connectivity index (χ1) is 15.8. The van der Waals surface area contributed by atoms with Gasteiger partial charge >= 0.3 is 11.9 Å². The Morgan fingerprint density at radius 1 is 0.970 bits per heavy atom. The van der Waals surface area contributed by atoms with Crippen LogP contribution in [-0.2, 0) is 19.1 Å². The van der Waals surface area contributed by atoms with Crippen LogP contribution < -0.4 is 4.90 Å². The molecule has 3 rings (SSSR count). The molecule has 9 nitrogen and oxygen atoms in total. The number of carbonyl (C=O) groups is 3. The molecule has 0 bridgehead atoms. The molecule has 0 spiro atoms. The molecule has 0 saturated carbocycles. The SMILES string of the molecule is COC(=O)C1=C(C(=O)OC)N(c2ccc([N+](=O)[O-])cc2C(=O)c2ccccc2Cl)C=CC=C1. The number of hydrogen-bond acceptors (Lipinski definition) is 8. The first-order valence-electron chi connectivity index (χ1n) is 9.42. The first-order valence-corrected chi connectivity index (χ1v) is 9.80. The van der Waals surface area contributed by atoms with Gasteiger partial charge in [-0.3, -0.25) is 14.9 Å². The second-order valence-corrected chi connectivity index (χ2v) is 6.99. The van der Waals surface area contributed by atoms with Crippen LogP contribution in [0.15, 0.2) is 78.2 Å². The van der Waals surface area contributed by atoms with Crippen LogP contribution in [-0.4, -0.2) is 36.9 Å². The largest absolute Gasteiger partial charge is 0.465 e. The Hall–Kier alpha value is -4.24. The van der Waals surface area contributed by atoms with E-state index in [1.54, 1.807) is 12.1 Å². The molecule has 10 heteroatoms. The third-order valence-corrected chi connectivity index (χ3v) is 5.03. The highest BCUT2D eigenvalue weighted by molar-refractivity contribution is 6.35. The minimum absolute atomic E-state index is 0.0901. The summed E-state index contributed by atoms with van der Waals surface area (Å²) in [4.78, 5) is 50.5. The Labute approximate surface area is 193 Å². The van der Waals surface area contributed by atoms with Crippen molar-refractivity contribution < 1.29 is 28.8 Å². The number of nitrogens with zero attached hydrogens (tertiary/aromatic N) is 2. The molecule has 0 N–H and O–H groups in total. The maximum Gasteiger partial charge on any atom is 0.355 e. The van der Waals surface area contributed by atoms with Gasteiger partial charge in [0.05, 0.1) is 41.0 Å². The third kappa shape index (κ3) is 4.68. The summed E-state index contributed by atoms with van der Waals surface area (Å²) in [6.07, 6.45) is 5.79. The smallest absolute Gasteiger partial charge is 0.355 e. The summed E-state index contributed by atoms with van der Waals surface area (Å²) in [6.45, 7) is 0. The number of nitro benzene ring substituents is 1. The second kappa shape index (κ2) is 9.92. The molecule has 1 aliphatic heterocycles. The standard InChI is InChI=1S/C23H17ClN2O7/c1-32-22(28)16-8-5-6-12-25(20(16)23(29)33-2)19-11-10-14(26(30)31)13-17(19)21(27)15-7-3-4-9-18(15)24/h3-13H,1-2H3. The van der Waals surface area contributed by atoms with E-state index in [9.17, 15) is 24.5 Å². The summed E-state index contributed by atoms with van der Waals surface area (Å²) in [5.41, 5.74) is -0.639. The summed E-state index contributed by atoms with van der Waals surface area (Å²) in [7, 11) is 2.28. The quantitative estimate of drug-likeness (QED) is 0.270. The fourth-order valence-electron chi connectivity index (χ4n) is 3.17. The lowest BCUT2D eigenvalue weighted by molar-refractivity contribution is -0.384. The highest BCUT2D eigenvalue weighted by Gasteiger charge is 2.31. The molecule has 0 fully saturated rings. The van der Waals surface area contributed by atoms with Gasteiger partial charge in [0.2, 0.25) is 0 Å². The van der Waals surface area contributed by atoms with E-state index >= 15 is 0 Å². The maximum absolute atomic E-state index is 13.4. The number of anilines is 1. The van der Waals surface area contributed by atoms with Gasteiger partial charge in [0.1, 0.15) is 5.70 Å². The normalized spacial score (nSPS) is 12.9. The lowest BCUT2D eigenvalue weighted by Gasteiger charge is -2.25. The summed E-state index contributed by atoms with van der Waals surface area (Å²) in [6, 6.07) is 9.78. The molecule has 0 atom stereocenters. The van der Waals surface area contributed by atoms with Crippen molar-refractivity contribution in [2.75, 3.05) is 19.1 Å². The zero-order chi connectivity index (χ0) is 24.1. The van der Waals surface area contributed by atoms with Crippen LogP contribution in [0.4, 0.5) is 11.4 Å². The lowest BCUT2D eigenvalue weighted by atomic mass is 9.99.